The van der Waals surface area contributed by atoms with E-state index in [-0.39, 0.29) is 0 Å². The van der Waals surface area contributed by atoms with Gasteiger partial charge in [0.2, 0.25) is 0 Å². The van der Waals surface area contributed by atoms with E-state index in [2.05, 4.69) is 0 Å². The maximum absolute atomic E-state index is 10.5. The van der Waals surface area contributed by atoms with E-state index in [1.165, 1.54) is 0 Å². The number of alkyl halides is 1. The Morgan fingerprint density at radius 2 is 2.23 bits per heavy atom. The van der Waals surface area contributed by atoms with Crippen molar-refractivity contribution in [2.24, 2.45) is 0 Å². The van der Waals surface area contributed by atoms with Gasteiger partial charge in [0.1, 0.15) is 5.75 Å². The number of benzene rings is 1. The summed E-state index contributed by atoms with van der Waals surface area (Å²) >= 11 is 10.7. The van der Waals surface area contributed by atoms with Gasteiger partial charge in [-0.05, 0) is 13.0 Å². The van der Waals surface area contributed by atoms with Crippen LogP contribution in [0.25, 0.3) is 0 Å². The van der Waals surface area contributed by atoms with Gasteiger partial charge in [-0.1, -0.05) is 17.7 Å². The highest BCUT2D eigenvalue weighted by atomic mass is 35.5. The zero-order valence-corrected chi connectivity index (χ0v) is 8.52. The molecule has 0 aromatic heterocycles. The van der Waals surface area contributed by atoms with Gasteiger partial charge in [0, 0.05) is 17.2 Å². The first-order valence-electron chi connectivity index (χ1n) is 3.66. The molecule has 1 aromatic rings. The third kappa shape index (κ3) is 2.90. The molecule has 0 radical (unpaired) electrons. The van der Waals surface area contributed by atoms with E-state index >= 15 is 0 Å². The van der Waals surface area contributed by atoms with Gasteiger partial charge in [0.25, 0.3) is 0 Å². The number of rotatable bonds is 2. The van der Waals surface area contributed by atoms with Gasteiger partial charge < -0.3 is 4.74 Å². The molecule has 13 heavy (non-hydrogen) atoms. The molecule has 70 valence electrons. The predicted octanol–water partition coefficient (Wildman–Crippen LogP) is 3.47. The molecular weight excluding hydrogens is 211 g/mol. The Bertz CT molecular complexity index is 323. The van der Waals surface area contributed by atoms with E-state index in [0.717, 1.165) is 11.1 Å². The van der Waals surface area contributed by atoms with Crippen LogP contribution in [0.1, 0.15) is 11.1 Å². The van der Waals surface area contributed by atoms with Crippen molar-refractivity contribution in [2.45, 2.75) is 12.8 Å². The highest BCUT2D eigenvalue weighted by Crippen LogP contribution is 2.22. The molecule has 0 aliphatic rings. The number of halogens is 2. The zero-order valence-electron chi connectivity index (χ0n) is 7.01. The minimum Gasteiger partial charge on any atom is -0.414 e. The average Bonchev–Trinajstić information content (AvgIpc) is 2.07. The number of aryl methyl sites for hydroxylation is 1. The summed E-state index contributed by atoms with van der Waals surface area (Å²) in [4.78, 5) is 10.5. The average molecular weight is 219 g/mol. The standard InChI is InChI=1S/C9H8Cl2O2/c1-6-2-3-8(13-9(11)12)7(4-6)5-10/h2-4H,5H2,1H3. The minimum absolute atomic E-state index is 0.293. The first-order valence-corrected chi connectivity index (χ1v) is 4.57. The molecule has 0 unspecified atom stereocenters. The van der Waals surface area contributed by atoms with E-state index < -0.39 is 5.43 Å². The molecule has 0 aliphatic carbocycles. The second-order valence-corrected chi connectivity index (χ2v) is 3.16. The van der Waals surface area contributed by atoms with E-state index in [9.17, 15) is 4.79 Å². The molecule has 4 heteroatoms. The molecule has 0 N–H and O–H groups in total. The van der Waals surface area contributed by atoms with Crippen LogP contribution in [0, 0.1) is 6.92 Å². The highest BCUT2D eigenvalue weighted by Gasteiger charge is 2.05. The van der Waals surface area contributed by atoms with Crippen LogP contribution in [0.15, 0.2) is 18.2 Å². The van der Waals surface area contributed by atoms with Crippen LogP contribution in [0.3, 0.4) is 0 Å². The Morgan fingerprint density at radius 3 is 2.77 bits per heavy atom. The van der Waals surface area contributed by atoms with Crippen molar-refractivity contribution in [2.75, 3.05) is 0 Å². The molecular formula is C9H8Cl2O2. The van der Waals surface area contributed by atoms with E-state index in [1.54, 1.807) is 6.07 Å². The largest absolute Gasteiger partial charge is 0.414 e. The first-order chi connectivity index (χ1) is 6.13. The summed E-state index contributed by atoms with van der Waals surface area (Å²) in [7, 11) is 0. The Balaban J connectivity index is 2.99. The van der Waals surface area contributed by atoms with Crippen LogP contribution in [-0.2, 0) is 5.88 Å². The van der Waals surface area contributed by atoms with Crippen LogP contribution in [0.5, 0.6) is 5.75 Å². The van der Waals surface area contributed by atoms with Gasteiger partial charge in [-0.25, -0.2) is 4.79 Å². The summed E-state index contributed by atoms with van der Waals surface area (Å²) in [5.41, 5.74) is 0.968. The molecule has 1 aromatic carbocycles. The quantitative estimate of drug-likeness (QED) is 0.562. The van der Waals surface area contributed by atoms with Gasteiger partial charge in [0.05, 0.1) is 5.88 Å². The third-order valence-corrected chi connectivity index (χ3v) is 1.92. The summed E-state index contributed by atoms with van der Waals surface area (Å²) < 4.78 is 4.73. The van der Waals surface area contributed by atoms with Crippen molar-refractivity contribution in [3.63, 3.8) is 0 Å². The Morgan fingerprint density at radius 1 is 1.54 bits per heavy atom. The van der Waals surface area contributed by atoms with Crippen molar-refractivity contribution in [3.8, 4) is 5.75 Å². The Hall–Kier alpha value is -0.730. The summed E-state index contributed by atoms with van der Waals surface area (Å²) in [6.45, 7) is 1.93. The van der Waals surface area contributed by atoms with Crippen LogP contribution >= 0.6 is 23.2 Å². The summed E-state index contributed by atoms with van der Waals surface area (Å²) in [6, 6.07) is 5.35. The smallest absolute Gasteiger partial charge is 0.409 e. The molecule has 0 amide bonds. The first kappa shape index (κ1) is 10.4. The van der Waals surface area contributed by atoms with Crippen molar-refractivity contribution < 1.29 is 9.53 Å². The molecule has 0 saturated carbocycles. The van der Waals surface area contributed by atoms with E-state index in [1.807, 2.05) is 19.1 Å². The Kier molecular flexibility index (Phi) is 3.58. The van der Waals surface area contributed by atoms with E-state index in [4.69, 9.17) is 27.9 Å². The minimum atomic E-state index is -0.852. The highest BCUT2D eigenvalue weighted by molar-refractivity contribution is 6.61. The lowest BCUT2D eigenvalue weighted by Crippen LogP contribution is -1.99. The van der Waals surface area contributed by atoms with Gasteiger partial charge in [0.15, 0.2) is 0 Å². The van der Waals surface area contributed by atoms with Gasteiger partial charge >= 0.3 is 5.43 Å². The normalized spacial score (nSPS) is 9.77. The van der Waals surface area contributed by atoms with Crippen molar-refractivity contribution in [1.82, 2.24) is 0 Å². The maximum Gasteiger partial charge on any atom is 0.409 e. The van der Waals surface area contributed by atoms with Gasteiger partial charge in [-0.3, -0.25) is 0 Å². The fourth-order valence-corrected chi connectivity index (χ4v) is 1.29. The van der Waals surface area contributed by atoms with Gasteiger partial charge in [-0.2, -0.15) is 0 Å². The topological polar surface area (TPSA) is 26.3 Å². The molecule has 0 fully saturated rings. The second kappa shape index (κ2) is 4.49. The Labute approximate surface area is 86.4 Å². The van der Waals surface area contributed by atoms with Crippen LogP contribution in [0.2, 0.25) is 0 Å². The fraction of sp³-hybridized carbons (Fsp3) is 0.222. The molecule has 2 nitrogen and oxygen atoms in total. The number of carbonyl (C=O) groups excluding carboxylic acids is 1. The molecule has 0 spiro atoms. The molecule has 0 heterocycles. The van der Waals surface area contributed by atoms with Crippen LogP contribution in [-0.4, -0.2) is 5.43 Å². The monoisotopic (exact) mass is 218 g/mol. The van der Waals surface area contributed by atoms with Crippen LogP contribution in [0.4, 0.5) is 4.79 Å². The third-order valence-electron chi connectivity index (χ3n) is 1.55. The van der Waals surface area contributed by atoms with Crippen molar-refractivity contribution >= 4 is 28.6 Å². The SMILES string of the molecule is Cc1ccc(OC(=O)Cl)c(CCl)c1. The van der Waals surface area contributed by atoms with Crippen molar-refractivity contribution in [3.05, 3.63) is 29.3 Å². The summed E-state index contributed by atoms with van der Waals surface area (Å²) in [5, 5.41) is 0. The summed E-state index contributed by atoms with van der Waals surface area (Å²) in [5.74, 6) is 0.710. The lowest BCUT2D eigenvalue weighted by molar-refractivity contribution is 0.225. The lowest BCUT2D eigenvalue weighted by Gasteiger charge is -2.05. The second-order valence-electron chi connectivity index (χ2n) is 2.58. The molecule has 0 aliphatic heterocycles. The van der Waals surface area contributed by atoms with E-state index in [0.29, 0.717) is 11.6 Å². The summed E-state index contributed by atoms with van der Waals surface area (Å²) in [6.07, 6.45) is 0. The maximum atomic E-state index is 10.5. The fourth-order valence-electron chi connectivity index (χ4n) is 0.999. The molecule has 0 bridgehead atoms. The molecule has 0 atom stereocenters. The number of hydrogen-bond acceptors (Lipinski definition) is 2. The molecule has 1 rings (SSSR count). The van der Waals surface area contributed by atoms with Gasteiger partial charge in [-0.15, -0.1) is 11.6 Å². The molecule has 0 saturated heterocycles. The lowest BCUT2D eigenvalue weighted by atomic mass is 10.1. The van der Waals surface area contributed by atoms with Crippen molar-refractivity contribution in [1.29, 1.82) is 0 Å². The zero-order chi connectivity index (χ0) is 9.84. The number of ether oxygens (including phenoxy) is 1. The number of carbonyl (C=O) groups is 1. The number of hydrogen-bond donors (Lipinski definition) is 0. The van der Waals surface area contributed by atoms with Crippen LogP contribution < -0.4 is 4.74 Å². The predicted molar refractivity (Wildman–Crippen MR) is 52.6 cm³/mol.